The van der Waals surface area contributed by atoms with E-state index in [1.165, 1.54) is 6.20 Å². The number of ether oxygens (including phenoxy) is 1. The van der Waals surface area contributed by atoms with Crippen molar-refractivity contribution in [2.45, 2.75) is 19.8 Å². The van der Waals surface area contributed by atoms with Gasteiger partial charge in [-0.15, -0.1) is 0 Å². The maximum Gasteiger partial charge on any atom is 0.305 e. The molecule has 0 saturated heterocycles. The van der Waals surface area contributed by atoms with E-state index in [1.807, 2.05) is 0 Å². The minimum Gasteiger partial charge on any atom is -0.466 e. The third-order valence-corrected chi connectivity index (χ3v) is 2.05. The van der Waals surface area contributed by atoms with E-state index >= 15 is 0 Å². The molecule has 0 aliphatic carbocycles. The predicted molar refractivity (Wildman–Crippen MR) is 63.1 cm³/mol. The van der Waals surface area contributed by atoms with Crippen molar-refractivity contribution in [2.24, 2.45) is 0 Å². The Kier molecular flexibility index (Phi) is 5.56. The summed E-state index contributed by atoms with van der Waals surface area (Å²) in [6.45, 7) is 2.44. The molecule has 1 heterocycles. The van der Waals surface area contributed by atoms with Crippen molar-refractivity contribution in [1.29, 1.82) is 0 Å². The number of nitrogens with zero attached hydrogens (tertiary/aromatic N) is 1. The molecule has 0 unspecified atom stereocenters. The second-order valence-electron chi connectivity index (χ2n) is 3.46. The van der Waals surface area contributed by atoms with E-state index < -0.39 is 5.91 Å². The Hall–Kier alpha value is -2.18. The van der Waals surface area contributed by atoms with Crippen molar-refractivity contribution in [1.82, 2.24) is 15.3 Å². The average molecular weight is 253 g/mol. The minimum atomic E-state index is -0.393. The lowest BCUT2D eigenvalue weighted by Gasteiger charge is -2.04. The maximum absolute atomic E-state index is 11.5. The lowest BCUT2D eigenvalue weighted by atomic mass is 10.3. The summed E-state index contributed by atoms with van der Waals surface area (Å²) in [5, 5.41) is 2.58. The molecule has 0 saturated carbocycles. The molecule has 7 nitrogen and oxygen atoms in total. The van der Waals surface area contributed by atoms with Crippen LogP contribution in [0.1, 0.15) is 30.3 Å². The standard InChI is InChI=1S/C11H15N3O4/c1-2-18-10(16)4-3-5-12-11(17)8-6-14-9(15)7-13-8/h6-7H,2-5H2,1H3,(H,12,17)(H,14,15). The van der Waals surface area contributed by atoms with Gasteiger partial charge in [0.15, 0.2) is 0 Å². The Labute approximate surface area is 104 Å². The Morgan fingerprint density at radius 2 is 2.28 bits per heavy atom. The van der Waals surface area contributed by atoms with Crippen molar-refractivity contribution >= 4 is 11.9 Å². The third-order valence-electron chi connectivity index (χ3n) is 2.05. The lowest BCUT2D eigenvalue weighted by molar-refractivity contribution is -0.143. The van der Waals surface area contributed by atoms with Crippen molar-refractivity contribution < 1.29 is 14.3 Å². The molecule has 1 amide bonds. The molecule has 0 fully saturated rings. The summed E-state index contributed by atoms with van der Waals surface area (Å²) >= 11 is 0. The summed E-state index contributed by atoms with van der Waals surface area (Å²) in [4.78, 5) is 39.3. The van der Waals surface area contributed by atoms with Gasteiger partial charge in [-0.1, -0.05) is 0 Å². The summed E-state index contributed by atoms with van der Waals surface area (Å²) in [7, 11) is 0. The van der Waals surface area contributed by atoms with Crippen LogP contribution in [0.4, 0.5) is 0 Å². The minimum absolute atomic E-state index is 0.130. The molecule has 2 N–H and O–H groups in total. The lowest BCUT2D eigenvalue weighted by Crippen LogP contribution is -2.26. The summed E-state index contributed by atoms with van der Waals surface area (Å²) in [6, 6.07) is 0. The smallest absolute Gasteiger partial charge is 0.305 e. The first-order valence-electron chi connectivity index (χ1n) is 5.62. The highest BCUT2D eigenvalue weighted by molar-refractivity contribution is 5.91. The molecule has 0 aliphatic heterocycles. The van der Waals surface area contributed by atoms with Crippen molar-refractivity contribution in [2.75, 3.05) is 13.2 Å². The fraction of sp³-hybridized carbons (Fsp3) is 0.455. The van der Waals surface area contributed by atoms with Crippen LogP contribution in [0.5, 0.6) is 0 Å². The van der Waals surface area contributed by atoms with Crippen LogP contribution >= 0.6 is 0 Å². The molecule has 0 bridgehead atoms. The van der Waals surface area contributed by atoms with Crippen LogP contribution in [0.15, 0.2) is 17.2 Å². The molecule has 7 heteroatoms. The van der Waals surface area contributed by atoms with Gasteiger partial charge in [-0.25, -0.2) is 4.98 Å². The van der Waals surface area contributed by atoms with E-state index in [9.17, 15) is 14.4 Å². The van der Waals surface area contributed by atoms with E-state index in [-0.39, 0.29) is 23.6 Å². The third kappa shape index (κ3) is 4.77. The maximum atomic E-state index is 11.5. The molecule has 98 valence electrons. The molecule has 18 heavy (non-hydrogen) atoms. The van der Waals surface area contributed by atoms with Gasteiger partial charge in [0.25, 0.3) is 11.5 Å². The second kappa shape index (κ2) is 7.21. The van der Waals surface area contributed by atoms with Gasteiger partial charge < -0.3 is 15.0 Å². The van der Waals surface area contributed by atoms with Gasteiger partial charge in [0.2, 0.25) is 0 Å². The van der Waals surface area contributed by atoms with E-state index in [0.717, 1.165) is 6.20 Å². The molecule has 1 rings (SSSR count). The highest BCUT2D eigenvalue weighted by Gasteiger charge is 2.07. The van der Waals surface area contributed by atoms with E-state index in [1.54, 1.807) is 6.92 Å². The van der Waals surface area contributed by atoms with Gasteiger partial charge >= 0.3 is 5.97 Å². The fourth-order valence-corrected chi connectivity index (χ4v) is 1.22. The fourth-order valence-electron chi connectivity index (χ4n) is 1.22. The molecule has 0 aliphatic rings. The molecule has 0 radical (unpaired) electrons. The molecule has 1 aromatic heterocycles. The number of rotatable bonds is 6. The average Bonchev–Trinajstić information content (AvgIpc) is 2.35. The first-order chi connectivity index (χ1) is 8.63. The zero-order valence-electron chi connectivity index (χ0n) is 10.1. The quantitative estimate of drug-likeness (QED) is 0.542. The van der Waals surface area contributed by atoms with Gasteiger partial charge in [0.05, 0.1) is 12.8 Å². The van der Waals surface area contributed by atoms with E-state index in [2.05, 4.69) is 15.3 Å². The number of aromatic amines is 1. The summed E-state index contributed by atoms with van der Waals surface area (Å²) in [5.41, 5.74) is -0.236. The van der Waals surface area contributed by atoms with Gasteiger partial charge in [0.1, 0.15) is 5.69 Å². The number of carbonyl (C=O) groups excluding carboxylic acids is 2. The molecular formula is C11H15N3O4. The Morgan fingerprint density at radius 3 is 2.89 bits per heavy atom. The summed E-state index contributed by atoms with van der Waals surface area (Å²) in [5.74, 6) is -0.677. The van der Waals surface area contributed by atoms with Crippen molar-refractivity contribution in [3.05, 3.63) is 28.4 Å². The largest absolute Gasteiger partial charge is 0.466 e. The van der Waals surface area contributed by atoms with Gasteiger partial charge in [-0.05, 0) is 13.3 Å². The van der Waals surface area contributed by atoms with Crippen molar-refractivity contribution in [3.63, 3.8) is 0 Å². The summed E-state index contributed by atoms with van der Waals surface area (Å²) < 4.78 is 4.74. The zero-order valence-corrected chi connectivity index (χ0v) is 10.1. The Bertz CT molecular complexity index is 449. The van der Waals surface area contributed by atoms with Gasteiger partial charge in [0, 0.05) is 19.2 Å². The number of carbonyl (C=O) groups is 2. The van der Waals surface area contributed by atoms with Crippen LogP contribution in [-0.4, -0.2) is 35.0 Å². The monoisotopic (exact) mass is 253 g/mol. The van der Waals surface area contributed by atoms with Crippen LogP contribution in [0.2, 0.25) is 0 Å². The Balaban J connectivity index is 2.27. The number of hydrogen-bond donors (Lipinski definition) is 2. The molecule has 0 atom stereocenters. The number of esters is 1. The zero-order chi connectivity index (χ0) is 13.4. The van der Waals surface area contributed by atoms with Crippen molar-refractivity contribution in [3.8, 4) is 0 Å². The van der Waals surface area contributed by atoms with E-state index in [0.29, 0.717) is 19.6 Å². The number of nitrogens with one attached hydrogen (secondary N) is 2. The predicted octanol–water partition coefficient (Wildman–Crippen LogP) is -0.157. The highest BCUT2D eigenvalue weighted by Crippen LogP contribution is 1.93. The van der Waals surface area contributed by atoms with Crippen LogP contribution in [0.25, 0.3) is 0 Å². The molecule has 1 aromatic rings. The second-order valence-corrected chi connectivity index (χ2v) is 3.46. The number of H-pyrrole nitrogens is 1. The van der Waals surface area contributed by atoms with Crippen LogP contribution in [0, 0.1) is 0 Å². The number of hydrogen-bond acceptors (Lipinski definition) is 5. The topological polar surface area (TPSA) is 101 Å². The highest BCUT2D eigenvalue weighted by atomic mass is 16.5. The molecule has 0 spiro atoms. The van der Waals surface area contributed by atoms with Crippen LogP contribution in [0.3, 0.4) is 0 Å². The van der Waals surface area contributed by atoms with Gasteiger partial charge in [-0.2, -0.15) is 0 Å². The first kappa shape index (κ1) is 13.9. The normalized spacial score (nSPS) is 9.83. The summed E-state index contributed by atoms with van der Waals surface area (Å²) in [6.07, 6.45) is 3.03. The SMILES string of the molecule is CCOC(=O)CCCNC(=O)c1c[nH]c(=O)cn1. The molecular weight excluding hydrogens is 238 g/mol. The first-order valence-corrected chi connectivity index (χ1v) is 5.62. The van der Waals surface area contributed by atoms with Crippen LogP contribution in [-0.2, 0) is 9.53 Å². The molecule has 0 aromatic carbocycles. The Morgan fingerprint density at radius 1 is 1.50 bits per heavy atom. The number of aromatic nitrogens is 2. The van der Waals surface area contributed by atoms with E-state index in [4.69, 9.17) is 4.74 Å². The number of amides is 1. The van der Waals surface area contributed by atoms with Crippen LogP contribution < -0.4 is 10.9 Å². The van der Waals surface area contributed by atoms with Gasteiger partial charge in [-0.3, -0.25) is 14.4 Å².